The molecule has 3 heterocycles. The highest BCUT2D eigenvalue weighted by atomic mass is 19.1. The van der Waals surface area contributed by atoms with Gasteiger partial charge >= 0.3 is 0 Å². The van der Waals surface area contributed by atoms with Gasteiger partial charge < -0.3 is 9.47 Å². The summed E-state index contributed by atoms with van der Waals surface area (Å²) in [5.41, 5.74) is 4.03. The average molecular weight is 382 g/mol. The van der Waals surface area contributed by atoms with E-state index >= 15 is 0 Å². The summed E-state index contributed by atoms with van der Waals surface area (Å²) >= 11 is 0. The maximum absolute atomic E-state index is 13.9. The number of hydrogen-bond donors (Lipinski definition) is 0. The lowest BCUT2D eigenvalue weighted by Crippen LogP contribution is -2.46. The normalized spacial score (nSPS) is 20.1. The van der Waals surface area contributed by atoms with E-state index < -0.39 is 0 Å². The first-order chi connectivity index (χ1) is 13.6. The topological polar surface area (TPSA) is 24.3 Å². The van der Waals surface area contributed by atoms with E-state index in [1.165, 1.54) is 12.1 Å². The van der Waals surface area contributed by atoms with Gasteiger partial charge in [0.25, 0.3) is 0 Å². The second-order valence-electron chi connectivity index (χ2n) is 7.96. The van der Waals surface area contributed by atoms with E-state index in [0.717, 1.165) is 73.7 Å². The number of aromatic nitrogens is 2. The zero-order valence-electron chi connectivity index (χ0n) is 16.0. The first-order valence-electron chi connectivity index (χ1n) is 10.0. The van der Waals surface area contributed by atoms with Gasteiger partial charge in [0, 0.05) is 44.0 Å². The number of anilines is 1. The Kier molecular flexibility index (Phi) is 4.31. The number of imidazole rings is 1. The number of rotatable bonds is 3. The van der Waals surface area contributed by atoms with Crippen LogP contribution in [0.25, 0.3) is 11.0 Å². The summed E-state index contributed by atoms with van der Waals surface area (Å²) in [5, 5.41) is 0. The molecule has 0 spiro atoms. The molecular weight excluding hydrogens is 358 g/mol. The molecule has 1 atom stereocenters. The van der Waals surface area contributed by atoms with Crippen LogP contribution in [-0.4, -0.2) is 40.6 Å². The minimum atomic E-state index is -0.201. The fourth-order valence-corrected chi connectivity index (χ4v) is 4.61. The standard InChI is InChI=1S/C22H24F2N4/c1-15-2-3-16-12-18(24)13-20-22(16)28(15)21(25-20)14-26-8-10-27(11-9-26)19-6-4-17(23)5-7-19/h4-7,12-13,15H,2-3,8-11,14H2,1H3. The molecule has 6 heteroatoms. The van der Waals surface area contributed by atoms with Crippen LogP contribution in [0.3, 0.4) is 0 Å². The quantitative estimate of drug-likeness (QED) is 0.680. The molecule has 2 aromatic carbocycles. The molecule has 4 nitrogen and oxygen atoms in total. The van der Waals surface area contributed by atoms with Crippen LogP contribution in [0.1, 0.15) is 30.8 Å². The Labute approximate surface area is 163 Å². The van der Waals surface area contributed by atoms with Crippen molar-refractivity contribution in [3.8, 4) is 0 Å². The van der Waals surface area contributed by atoms with E-state index in [-0.39, 0.29) is 11.6 Å². The van der Waals surface area contributed by atoms with Gasteiger partial charge in [0.2, 0.25) is 0 Å². The largest absolute Gasteiger partial charge is 0.369 e. The van der Waals surface area contributed by atoms with Crippen molar-refractivity contribution in [2.24, 2.45) is 0 Å². The first kappa shape index (κ1) is 17.6. The number of hydrogen-bond acceptors (Lipinski definition) is 3. The van der Waals surface area contributed by atoms with Crippen LogP contribution in [-0.2, 0) is 13.0 Å². The van der Waals surface area contributed by atoms with Gasteiger partial charge in [-0.25, -0.2) is 13.8 Å². The first-order valence-corrected chi connectivity index (χ1v) is 10.0. The highest BCUT2D eigenvalue weighted by Crippen LogP contribution is 2.33. The molecule has 2 aliphatic rings. The SMILES string of the molecule is CC1CCc2cc(F)cc3nc(CN4CCN(c5ccc(F)cc5)CC4)n1c23. The Hall–Kier alpha value is -2.47. The fourth-order valence-electron chi connectivity index (χ4n) is 4.61. The van der Waals surface area contributed by atoms with Crippen molar-refractivity contribution in [1.82, 2.24) is 14.5 Å². The predicted molar refractivity (Wildman–Crippen MR) is 107 cm³/mol. The molecule has 0 radical (unpaired) electrons. The summed E-state index contributed by atoms with van der Waals surface area (Å²) in [6.45, 7) is 6.66. The summed E-state index contributed by atoms with van der Waals surface area (Å²) in [6, 6.07) is 10.3. The summed E-state index contributed by atoms with van der Waals surface area (Å²) < 4.78 is 29.4. The molecule has 2 aliphatic heterocycles. The lowest BCUT2D eigenvalue weighted by molar-refractivity contribution is 0.238. The number of aryl methyl sites for hydroxylation is 1. The molecule has 1 fully saturated rings. The van der Waals surface area contributed by atoms with Crippen LogP contribution in [0.2, 0.25) is 0 Å². The number of nitrogens with zero attached hydrogens (tertiary/aromatic N) is 4. The van der Waals surface area contributed by atoms with Crippen molar-refractivity contribution in [2.45, 2.75) is 32.4 Å². The minimum Gasteiger partial charge on any atom is -0.369 e. The highest BCUT2D eigenvalue weighted by molar-refractivity contribution is 5.80. The van der Waals surface area contributed by atoms with E-state index in [4.69, 9.17) is 4.98 Å². The van der Waals surface area contributed by atoms with Crippen LogP contribution in [0, 0.1) is 11.6 Å². The lowest BCUT2D eigenvalue weighted by Gasteiger charge is -2.36. The summed E-state index contributed by atoms with van der Waals surface area (Å²) in [4.78, 5) is 9.50. The van der Waals surface area contributed by atoms with Crippen LogP contribution in [0.4, 0.5) is 14.5 Å². The van der Waals surface area contributed by atoms with Gasteiger partial charge in [0.15, 0.2) is 0 Å². The van der Waals surface area contributed by atoms with Crippen LogP contribution in [0.5, 0.6) is 0 Å². The highest BCUT2D eigenvalue weighted by Gasteiger charge is 2.26. The van der Waals surface area contributed by atoms with E-state index in [1.807, 2.05) is 12.1 Å². The zero-order chi connectivity index (χ0) is 19.3. The molecule has 0 N–H and O–H groups in total. The smallest absolute Gasteiger partial charge is 0.125 e. The molecule has 0 bridgehead atoms. The number of halogens is 2. The van der Waals surface area contributed by atoms with E-state index in [0.29, 0.717) is 6.04 Å². The van der Waals surface area contributed by atoms with E-state index in [2.05, 4.69) is 21.3 Å². The molecule has 0 aliphatic carbocycles. The Balaban J connectivity index is 1.35. The zero-order valence-corrected chi connectivity index (χ0v) is 16.0. The van der Waals surface area contributed by atoms with Gasteiger partial charge in [-0.3, -0.25) is 4.90 Å². The average Bonchev–Trinajstić information content (AvgIpc) is 3.05. The monoisotopic (exact) mass is 382 g/mol. The Morgan fingerprint density at radius 3 is 2.50 bits per heavy atom. The van der Waals surface area contributed by atoms with Crippen molar-refractivity contribution >= 4 is 16.7 Å². The minimum absolute atomic E-state index is 0.193. The molecule has 1 aromatic heterocycles. The van der Waals surface area contributed by atoms with Crippen LogP contribution in [0.15, 0.2) is 36.4 Å². The molecule has 0 amide bonds. The second kappa shape index (κ2) is 6.85. The maximum Gasteiger partial charge on any atom is 0.125 e. The Morgan fingerprint density at radius 2 is 1.75 bits per heavy atom. The summed E-state index contributed by atoms with van der Waals surface area (Å²) in [5.74, 6) is 0.637. The molecule has 146 valence electrons. The van der Waals surface area contributed by atoms with Crippen molar-refractivity contribution in [3.05, 3.63) is 59.4 Å². The third-order valence-corrected chi connectivity index (χ3v) is 6.10. The predicted octanol–water partition coefficient (Wildman–Crippen LogP) is 4.14. The van der Waals surface area contributed by atoms with Gasteiger partial charge in [-0.15, -0.1) is 0 Å². The van der Waals surface area contributed by atoms with Gasteiger partial charge in [0.05, 0.1) is 17.6 Å². The fraction of sp³-hybridized carbons (Fsp3) is 0.409. The number of piperazine rings is 1. The van der Waals surface area contributed by atoms with Crippen molar-refractivity contribution in [2.75, 3.05) is 31.1 Å². The Bertz CT molecular complexity index is 1000. The van der Waals surface area contributed by atoms with Gasteiger partial charge in [-0.05, 0) is 55.7 Å². The number of benzene rings is 2. The molecule has 3 aromatic rings. The molecule has 0 saturated carbocycles. The molecule has 5 rings (SSSR count). The third kappa shape index (κ3) is 3.05. The van der Waals surface area contributed by atoms with Crippen LogP contribution < -0.4 is 4.90 Å². The summed E-state index contributed by atoms with van der Waals surface area (Å²) in [7, 11) is 0. The van der Waals surface area contributed by atoms with Crippen LogP contribution >= 0.6 is 0 Å². The van der Waals surface area contributed by atoms with Gasteiger partial charge in [0.1, 0.15) is 17.5 Å². The van der Waals surface area contributed by atoms with E-state index in [1.54, 1.807) is 12.1 Å². The summed E-state index contributed by atoms with van der Waals surface area (Å²) in [6.07, 6.45) is 1.93. The molecule has 1 unspecified atom stereocenters. The van der Waals surface area contributed by atoms with Crippen molar-refractivity contribution in [1.29, 1.82) is 0 Å². The van der Waals surface area contributed by atoms with Gasteiger partial charge in [-0.1, -0.05) is 0 Å². The Morgan fingerprint density at radius 1 is 1.00 bits per heavy atom. The molecular formula is C22H24F2N4. The van der Waals surface area contributed by atoms with E-state index in [9.17, 15) is 8.78 Å². The van der Waals surface area contributed by atoms with Gasteiger partial charge in [-0.2, -0.15) is 0 Å². The molecule has 28 heavy (non-hydrogen) atoms. The second-order valence-corrected chi connectivity index (χ2v) is 7.96. The third-order valence-electron chi connectivity index (χ3n) is 6.10. The molecule has 1 saturated heterocycles. The van der Waals surface area contributed by atoms with Crippen molar-refractivity contribution < 1.29 is 8.78 Å². The lowest BCUT2D eigenvalue weighted by atomic mass is 10.00. The maximum atomic E-state index is 13.9. The van der Waals surface area contributed by atoms with Crippen molar-refractivity contribution in [3.63, 3.8) is 0 Å².